The summed E-state index contributed by atoms with van der Waals surface area (Å²) in [5.74, 6) is 0. The summed E-state index contributed by atoms with van der Waals surface area (Å²) in [6.45, 7) is 4.89. The van der Waals surface area contributed by atoms with E-state index in [4.69, 9.17) is 5.73 Å². The Bertz CT molecular complexity index is 325. The van der Waals surface area contributed by atoms with E-state index in [-0.39, 0.29) is 6.17 Å². The number of unbranched alkanes of at least 4 members (excludes halogenated alkanes) is 12. The van der Waals surface area contributed by atoms with Crippen LogP contribution >= 0.6 is 0 Å². The van der Waals surface area contributed by atoms with Gasteiger partial charge in [0.25, 0.3) is 0 Å². The van der Waals surface area contributed by atoms with Crippen molar-refractivity contribution in [1.82, 2.24) is 4.90 Å². The quantitative estimate of drug-likeness (QED) is 0.307. The maximum absolute atomic E-state index is 5.63. The summed E-state index contributed by atoms with van der Waals surface area (Å²) in [4.78, 5) is 6.81. The SMILES string of the molecule is CCCCCCCCCCCCCC/C=C/C1N=CCN1CCN. The first-order valence-corrected chi connectivity index (χ1v) is 10.5. The van der Waals surface area contributed by atoms with Gasteiger partial charge in [-0.3, -0.25) is 9.89 Å². The van der Waals surface area contributed by atoms with E-state index in [1.54, 1.807) is 0 Å². The van der Waals surface area contributed by atoms with Gasteiger partial charge in [0.1, 0.15) is 6.17 Å². The van der Waals surface area contributed by atoms with Crippen molar-refractivity contribution in [3.8, 4) is 0 Å². The summed E-state index contributed by atoms with van der Waals surface area (Å²) in [6.07, 6.45) is 25.0. The van der Waals surface area contributed by atoms with E-state index in [1.165, 1.54) is 83.5 Å². The molecule has 1 aliphatic heterocycles. The molecule has 24 heavy (non-hydrogen) atoms. The van der Waals surface area contributed by atoms with E-state index in [9.17, 15) is 0 Å². The topological polar surface area (TPSA) is 41.6 Å². The normalized spacial score (nSPS) is 18.2. The van der Waals surface area contributed by atoms with Gasteiger partial charge in [-0.2, -0.15) is 0 Å². The molecule has 0 aromatic heterocycles. The van der Waals surface area contributed by atoms with Crippen molar-refractivity contribution in [2.24, 2.45) is 10.7 Å². The number of rotatable bonds is 16. The highest BCUT2D eigenvalue weighted by Crippen LogP contribution is 2.13. The third-order valence-electron chi connectivity index (χ3n) is 4.90. The van der Waals surface area contributed by atoms with Crippen LogP contribution in [-0.4, -0.2) is 36.9 Å². The molecular weight excluding hydrogens is 294 g/mol. The lowest BCUT2D eigenvalue weighted by molar-refractivity contribution is 0.297. The van der Waals surface area contributed by atoms with E-state index in [1.807, 2.05) is 6.21 Å². The minimum absolute atomic E-state index is 0.242. The predicted octanol–water partition coefficient (Wildman–Crippen LogP) is 5.31. The standard InChI is InChI=1S/C21H41N3/c1-2-3-4-5-6-7-8-9-10-11-12-13-14-15-16-21-23-18-20-24(21)19-17-22/h15-16,18,21H,2-14,17,19-20,22H2,1H3/b16-15+. The average Bonchev–Trinajstić information content (AvgIpc) is 3.03. The summed E-state index contributed by atoms with van der Waals surface area (Å²) in [6, 6.07) is 0. The fraction of sp³-hybridized carbons (Fsp3) is 0.857. The number of allylic oxidation sites excluding steroid dienone is 1. The first-order chi connectivity index (χ1) is 11.9. The lowest BCUT2D eigenvalue weighted by atomic mass is 10.0. The second kappa shape index (κ2) is 15.8. The molecule has 2 N–H and O–H groups in total. The highest BCUT2D eigenvalue weighted by Gasteiger charge is 2.16. The van der Waals surface area contributed by atoms with Crippen LogP contribution in [0, 0.1) is 0 Å². The van der Waals surface area contributed by atoms with Crippen LogP contribution in [0.2, 0.25) is 0 Å². The lowest BCUT2D eigenvalue weighted by Gasteiger charge is -2.18. The number of hydrogen-bond acceptors (Lipinski definition) is 3. The summed E-state index contributed by atoms with van der Waals surface area (Å²) < 4.78 is 0. The van der Waals surface area contributed by atoms with Gasteiger partial charge in [0.15, 0.2) is 0 Å². The first kappa shape index (κ1) is 21.4. The Morgan fingerprint density at radius 1 is 0.958 bits per heavy atom. The molecule has 1 heterocycles. The fourth-order valence-electron chi connectivity index (χ4n) is 3.34. The average molecular weight is 336 g/mol. The summed E-state index contributed by atoms with van der Waals surface area (Å²) >= 11 is 0. The number of aliphatic imine (C=N–C) groups is 1. The van der Waals surface area contributed by atoms with Crippen LogP contribution < -0.4 is 5.73 Å². The number of nitrogens with zero attached hydrogens (tertiary/aromatic N) is 2. The van der Waals surface area contributed by atoms with Crippen LogP contribution in [0.1, 0.15) is 90.4 Å². The highest BCUT2D eigenvalue weighted by molar-refractivity contribution is 5.62. The zero-order valence-electron chi connectivity index (χ0n) is 16.1. The molecule has 0 radical (unpaired) electrons. The molecule has 0 aromatic rings. The van der Waals surface area contributed by atoms with Crippen LogP contribution in [0.25, 0.3) is 0 Å². The minimum Gasteiger partial charge on any atom is -0.329 e. The minimum atomic E-state index is 0.242. The Kier molecular flexibility index (Phi) is 14.1. The van der Waals surface area contributed by atoms with Crippen molar-refractivity contribution in [3.63, 3.8) is 0 Å². The molecule has 0 spiro atoms. The van der Waals surface area contributed by atoms with Crippen molar-refractivity contribution < 1.29 is 0 Å². The van der Waals surface area contributed by atoms with Gasteiger partial charge in [0.2, 0.25) is 0 Å². The van der Waals surface area contributed by atoms with Crippen molar-refractivity contribution in [2.45, 2.75) is 96.6 Å². The maximum Gasteiger partial charge on any atom is 0.121 e. The van der Waals surface area contributed by atoms with Crippen molar-refractivity contribution in [3.05, 3.63) is 12.2 Å². The molecule has 1 rings (SSSR count). The molecule has 0 amide bonds. The van der Waals surface area contributed by atoms with Gasteiger partial charge in [-0.1, -0.05) is 83.6 Å². The van der Waals surface area contributed by atoms with Crippen LogP contribution in [0.4, 0.5) is 0 Å². The Morgan fingerprint density at radius 3 is 2.12 bits per heavy atom. The molecule has 1 aliphatic rings. The molecule has 140 valence electrons. The lowest BCUT2D eigenvalue weighted by Crippen LogP contribution is -2.33. The molecule has 0 fully saturated rings. The summed E-state index contributed by atoms with van der Waals surface area (Å²) in [7, 11) is 0. The van der Waals surface area contributed by atoms with E-state index < -0.39 is 0 Å². The van der Waals surface area contributed by atoms with Gasteiger partial charge in [0, 0.05) is 25.8 Å². The van der Waals surface area contributed by atoms with Crippen molar-refractivity contribution in [1.29, 1.82) is 0 Å². The monoisotopic (exact) mass is 335 g/mol. The molecule has 0 saturated carbocycles. The Morgan fingerprint density at radius 2 is 1.54 bits per heavy atom. The second-order valence-electron chi connectivity index (χ2n) is 7.13. The van der Waals surface area contributed by atoms with Gasteiger partial charge in [0.05, 0.1) is 0 Å². The number of nitrogens with two attached hydrogens (primary N) is 1. The maximum atomic E-state index is 5.63. The largest absolute Gasteiger partial charge is 0.329 e. The van der Waals surface area contributed by atoms with Gasteiger partial charge in [-0.05, 0) is 18.9 Å². The van der Waals surface area contributed by atoms with Crippen LogP contribution in [0.3, 0.4) is 0 Å². The molecule has 0 saturated heterocycles. The molecule has 3 nitrogen and oxygen atoms in total. The Balaban J connectivity index is 1.83. The molecule has 1 atom stereocenters. The van der Waals surface area contributed by atoms with E-state index in [0.717, 1.165) is 13.1 Å². The van der Waals surface area contributed by atoms with Gasteiger partial charge < -0.3 is 5.73 Å². The van der Waals surface area contributed by atoms with Crippen LogP contribution in [-0.2, 0) is 0 Å². The zero-order valence-corrected chi connectivity index (χ0v) is 16.1. The highest BCUT2D eigenvalue weighted by atomic mass is 15.3. The molecule has 1 unspecified atom stereocenters. The first-order valence-electron chi connectivity index (χ1n) is 10.5. The van der Waals surface area contributed by atoms with Gasteiger partial charge in [-0.25, -0.2) is 0 Å². The third kappa shape index (κ3) is 11.0. The van der Waals surface area contributed by atoms with Gasteiger partial charge >= 0.3 is 0 Å². The predicted molar refractivity (Wildman–Crippen MR) is 108 cm³/mol. The van der Waals surface area contributed by atoms with Crippen molar-refractivity contribution >= 4 is 6.21 Å². The van der Waals surface area contributed by atoms with E-state index in [0.29, 0.717) is 6.54 Å². The van der Waals surface area contributed by atoms with Crippen LogP contribution in [0.5, 0.6) is 0 Å². The second-order valence-corrected chi connectivity index (χ2v) is 7.13. The summed E-state index contributed by atoms with van der Waals surface area (Å²) in [5, 5.41) is 0. The van der Waals surface area contributed by atoms with Crippen molar-refractivity contribution in [2.75, 3.05) is 19.6 Å². The summed E-state index contributed by atoms with van der Waals surface area (Å²) in [5.41, 5.74) is 5.63. The van der Waals surface area contributed by atoms with E-state index >= 15 is 0 Å². The molecule has 0 aliphatic carbocycles. The molecule has 3 heteroatoms. The van der Waals surface area contributed by atoms with Gasteiger partial charge in [-0.15, -0.1) is 0 Å². The van der Waals surface area contributed by atoms with Crippen LogP contribution in [0.15, 0.2) is 17.1 Å². The molecule has 0 bridgehead atoms. The smallest absolute Gasteiger partial charge is 0.121 e. The third-order valence-corrected chi connectivity index (χ3v) is 4.90. The van der Waals surface area contributed by atoms with E-state index in [2.05, 4.69) is 29.0 Å². The number of hydrogen-bond donors (Lipinski definition) is 1. The Hall–Kier alpha value is -0.670. The molecular formula is C21H41N3. The Labute approximate surface area is 150 Å². The zero-order chi connectivity index (χ0) is 17.3. The molecule has 0 aromatic carbocycles. The fourth-order valence-corrected chi connectivity index (χ4v) is 3.34.